The highest BCUT2D eigenvalue weighted by atomic mass is 16.5. The van der Waals surface area contributed by atoms with E-state index in [4.69, 9.17) is 4.74 Å². The Balaban J connectivity index is 1.52. The van der Waals surface area contributed by atoms with Gasteiger partial charge in [-0.1, -0.05) is 35.9 Å². The first-order valence-corrected chi connectivity index (χ1v) is 9.99. The van der Waals surface area contributed by atoms with E-state index in [0.29, 0.717) is 13.1 Å². The Kier molecular flexibility index (Phi) is 6.57. The van der Waals surface area contributed by atoms with Gasteiger partial charge in [-0.2, -0.15) is 0 Å². The van der Waals surface area contributed by atoms with E-state index in [1.165, 1.54) is 21.6 Å². The molecule has 2 aromatic carbocycles. The van der Waals surface area contributed by atoms with Gasteiger partial charge >= 0.3 is 0 Å². The van der Waals surface area contributed by atoms with Crippen LogP contribution in [0.1, 0.15) is 16.7 Å². The number of rotatable bonds is 6. The smallest absolute Gasteiger partial charge is 0.277 e. The summed E-state index contributed by atoms with van der Waals surface area (Å²) < 4.78 is 5.49. The van der Waals surface area contributed by atoms with Crippen LogP contribution in [0, 0.1) is 13.8 Å². The van der Waals surface area contributed by atoms with Gasteiger partial charge in [0, 0.05) is 13.6 Å². The molecule has 150 valence electrons. The number of aryl methyl sites for hydroxylation is 2. The Bertz CT molecular complexity index is 813. The van der Waals surface area contributed by atoms with Crippen LogP contribution >= 0.6 is 0 Å². The summed E-state index contributed by atoms with van der Waals surface area (Å²) in [5.74, 6) is 1.12. The molecular formula is C23H32N3O2+. The van der Waals surface area contributed by atoms with Crippen LogP contribution in [0.3, 0.4) is 0 Å². The first-order chi connectivity index (χ1) is 13.5. The van der Waals surface area contributed by atoms with Gasteiger partial charge in [-0.3, -0.25) is 4.79 Å². The normalized spacial score (nSPS) is 14.8. The van der Waals surface area contributed by atoms with Gasteiger partial charge < -0.3 is 19.4 Å². The minimum atomic E-state index is 0.209. The van der Waals surface area contributed by atoms with Crippen molar-refractivity contribution in [2.24, 2.45) is 0 Å². The summed E-state index contributed by atoms with van der Waals surface area (Å²) in [5.41, 5.74) is 4.87. The van der Waals surface area contributed by atoms with Crippen LogP contribution in [0.5, 0.6) is 5.75 Å². The highest BCUT2D eigenvalue weighted by molar-refractivity contribution is 5.76. The van der Waals surface area contributed by atoms with E-state index < -0.39 is 0 Å². The number of piperazine rings is 1. The van der Waals surface area contributed by atoms with Crippen molar-refractivity contribution in [2.75, 3.05) is 51.8 Å². The SMILES string of the molecule is COc1ccccc1N1CC[NH+](CC(=O)N(C)Cc2ccc(C)cc2C)CC1. The average Bonchev–Trinajstić information content (AvgIpc) is 2.70. The van der Waals surface area contributed by atoms with Gasteiger partial charge in [-0.25, -0.2) is 0 Å². The molecule has 1 aliphatic rings. The maximum Gasteiger partial charge on any atom is 0.277 e. The number of methoxy groups -OCH3 is 1. The molecule has 5 heteroatoms. The monoisotopic (exact) mass is 382 g/mol. The highest BCUT2D eigenvalue weighted by Crippen LogP contribution is 2.27. The molecule has 1 aliphatic heterocycles. The molecule has 1 heterocycles. The lowest BCUT2D eigenvalue weighted by atomic mass is 10.1. The van der Waals surface area contributed by atoms with Gasteiger partial charge in [0.25, 0.3) is 5.91 Å². The molecule has 1 N–H and O–H groups in total. The lowest BCUT2D eigenvalue weighted by molar-refractivity contribution is -0.892. The summed E-state index contributed by atoms with van der Waals surface area (Å²) in [5, 5.41) is 0. The van der Waals surface area contributed by atoms with Crippen molar-refractivity contribution in [3.63, 3.8) is 0 Å². The molecule has 1 amide bonds. The van der Waals surface area contributed by atoms with Crippen LogP contribution in [0.15, 0.2) is 42.5 Å². The number of carbonyl (C=O) groups is 1. The zero-order chi connectivity index (χ0) is 20.1. The number of quaternary nitrogens is 1. The van der Waals surface area contributed by atoms with E-state index in [9.17, 15) is 4.79 Å². The third-order valence-electron chi connectivity index (χ3n) is 5.63. The number of amides is 1. The molecule has 0 spiro atoms. The molecule has 0 unspecified atom stereocenters. The zero-order valence-corrected chi connectivity index (χ0v) is 17.5. The van der Waals surface area contributed by atoms with Crippen LogP contribution in [-0.4, -0.2) is 57.7 Å². The molecule has 1 saturated heterocycles. The standard InChI is InChI=1S/C23H31N3O2/c1-18-9-10-20(19(2)15-18)16-24(3)23(27)17-25-11-13-26(14-12-25)21-7-5-6-8-22(21)28-4/h5-10,15H,11-14,16-17H2,1-4H3/p+1. The Hall–Kier alpha value is -2.53. The molecular weight excluding hydrogens is 350 g/mol. The van der Waals surface area contributed by atoms with E-state index in [2.05, 4.69) is 43.0 Å². The van der Waals surface area contributed by atoms with Crippen LogP contribution in [0.2, 0.25) is 0 Å². The van der Waals surface area contributed by atoms with Crippen molar-refractivity contribution < 1.29 is 14.4 Å². The molecule has 0 atom stereocenters. The second kappa shape index (κ2) is 9.11. The fourth-order valence-electron chi connectivity index (χ4n) is 3.85. The third kappa shape index (κ3) is 4.84. The highest BCUT2D eigenvalue weighted by Gasteiger charge is 2.25. The summed E-state index contributed by atoms with van der Waals surface area (Å²) in [6.45, 7) is 9.23. The molecule has 2 aromatic rings. The van der Waals surface area contributed by atoms with E-state index in [-0.39, 0.29) is 5.91 Å². The maximum atomic E-state index is 12.7. The van der Waals surface area contributed by atoms with Crippen LogP contribution in [0.4, 0.5) is 5.69 Å². The molecule has 28 heavy (non-hydrogen) atoms. The first kappa shape index (κ1) is 20.2. The summed E-state index contributed by atoms with van der Waals surface area (Å²) in [6, 6.07) is 14.6. The number of hydrogen-bond donors (Lipinski definition) is 1. The maximum absolute atomic E-state index is 12.7. The number of hydrogen-bond acceptors (Lipinski definition) is 3. The van der Waals surface area contributed by atoms with Gasteiger partial charge in [0.2, 0.25) is 0 Å². The van der Waals surface area contributed by atoms with Crippen molar-refractivity contribution in [1.29, 1.82) is 0 Å². The van der Waals surface area contributed by atoms with Crippen molar-refractivity contribution in [3.8, 4) is 5.75 Å². The number of carbonyl (C=O) groups excluding carboxylic acids is 1. The van der Waals surface area contributed by atoms with Crippen molar-refractivity contribution in [2.45, 2.75) is 20.4 Å². The van der Waals surface area contributed by atoms with Gasteiger partial charge in [-0.15, -0.1) is 0 Å². The summed E-state index contributed by atoms with van der Waals surface area (Å²) >= 11 is 0. The number of benzene rings is 2. The Morgan fingerprint density at radius 2 is 1.86 bits per heavy atom. The Morgan fingerprint density at radius 3 is 2.54 bits per heavy atom. The number of para-hydroxylation sites is 2. The fourth-order valence-corrected chi connectivity index (χ4v) is 3.85. The predicted molar refractivity (Wildman–Crippen MR) is 113 cm³/mol. The summed E-state index contributed by atoms with van der Waals surface area (Å²) in [6.07, 6.45) is 0. The molecule has 1 fully saturated rings. The van der Waals surface area contributed by atoms with E-state index in [0.717, 1.165) is 37.6 Å². The van der Waals surface area contributed by atoms with Gasteiger partial charge in [0.15, 0.2) is 6.54 Å². The molecule has 0 aromatic heterocycles. The predicted octanol–water partition coefficient (Wildman–Crippen LogP) is 1.68. The molecule has 3 rings (SSSR count). The number of nitrogens with one attached hydrogen (secondary N) is 1. The lowest BCUT2D eigenvalue weighted by Gasteiger charge is -2.34. The molecule has 0 radical (unpaired) electrons. The minimum Gasteiger partial charge on any atom is -0.495 e. The summed E-state index contributed by atoms with van der Waals surface area (Å²) in [7, 11) is 3.62. The van der Waals surface area contributed by atoms with E-state index >= 15 is 0 Å². The Labute approximate surface area is 168 Å². The second-order valence-electron chi connectivity index (χ2n) is 7.77. The van der Waals surface area contributed by atoms with Gasteiger partial charge in [-0.05, 0) is 37.1 Å². The van der Waals surface area contributed by atoms with Crippen LogP contribution in [0.25, 0.3) is 0 Å². The molecule has 0 aliphatic carbocycles. The van der Waals surface area contributed by atoms with Crippen molar-refractivity contribution >= 4 is 11.6 Å². The largest absolute Gasteiger partial charge is 0.495 e. The summed E-state index contributed by atoms with van der Waals surface area (Å²) in [4.78, 5) is 18.3. The Morgan fingerprint density at radius 1 is 1.14 bits per heavy atom. The van der Waals surface area contributed by atoms with Gasteiger partial charge in [0.1, 0.15) is 5.75 Å². The first-order valence-electron chi connectivity index (χ1n) is 9.99. The van der Waals surface area contributed by atoms with Crippen LogP contribution < -0.4 is 14.5 Å². The fraction of sp³-hybridized carbons (Fsp3) is 0.435. The van der Waals surface area contributed by atoms with Gasteiger partial charge in [0.05, 0.1) is 39.0 Å². The number of anilines is 1. The van der Waals surface area contributed by atoms with Crippen molar-refractivity contribution in [1.82, 2.24) is 4.90 Å². The average molecular weight is 383 g/mol. The zero-order valence-electron chi connectivity index (χ0n) is 17.5. The molecule has 0 saturated carbocycles. The van der Waals surface area contributed by atoms with Crippen LogP contribution in [-0.2, 0) is 11.3 Å². The topological polar surface area (TPSA) is 37.2 Å². The quantitative estimate of drug-likeness (QED) is 0.826. The van der Waals surface area contributed by atoms with E-state index in [1.807, 2.05) is 30.1 Å². The van der Waals surface area contributed by atoms with E-state index in [1.54, 1.807) is 7.11 Å². The number of likely N-dealkylation sites (N-methyl/N-ethyl adjacent to an activating group) is 1. The third-order valence-corrected chi connectivity index (χ3v) is 5.63. The molecule has 5 nitrogen and oxygen atoms in total. The number of ether oxygens (including phenoxy) is 1. The number of nitrogens with zero attached hydrogens (tertiary/aromatic N) is 2. The van der Waals surface area contributed by atoms with Crippen molar-refractivity contribution in [3.05, 3.63) is 59.2 Å². The second-order valence-corrected chi connectivity index (χ2v) is 7.77. The minimum absolute atomic E-state index is 0.209. The lowest BCUT2D eigenvalue weighted by Crippen LogP contribution is -3.15. The molecule has 0 bridgehead atoms.